The fourth-order valence-electron chi connectivity index (χ4n) is 3.53. The number of aliphatic hydroxyl groups excluding tert-OH is 1. The number of hydrogen-bond acceptors (Lipinski definition) is 4. The van der Waals surface area contributed by atoms with Crippen molar-refractivity contribution in [3.8, 4) is 6.07 Å². The molecule has 0 aliphatic carbocycles. The van der Waals surface area contributed by atoms with E-state index in [0.717, 1.165) is 25.7 Å². The number of carbonyl (C=O) groups excluding carboxylic acids is 1. The molecule has 1 N–H and O–H groups in total. The zero-order chi connectivity index (χ0) is 17.8. The number of amides is 1. The summed E-state index contributed by atoms with van der Waals surface area (Å²) in [5.41, 5.74) is 0.990. The Labute approximate surface area is 147 Å². The van der Waals surface area contributed by atoms with Gasteiger partial charge in [-0.25, -0.2) is 0 Å². The molecule has 1 fully saturated rings. The molecule has 1 aliphatic rings. The highest BCUT2D eigenvalue weighted by atomic mass is 16.4. The van der Waals surface area contributed by atoms with E-state index in [1.807, 2.05) is 4.90 Å². The number of carbonyl (C=O) groups is 1. The lowest BCUT2D eigenvalue weighted by Gasteiger charge is -2.31. The predicted octanol–water partition coefficient (Wildman–Crippen LogP) is 3.00. The van der Waals surface area contributed by atoms with Gasteiger partial charge in [-0.1, -0.05) is 12.8 Å². The Morgan fingerprint density at radius 2 is 2.32 bits per heavy atom. The quantitative estimate of drug-likeness (QED) is 0.927. The number of aromatic nitrogens is 1. The molecule has 0 aromatic carbocycles. The van der Waals surface area contributed by atoms with E-state index >= 15 is 0 Å². The van der Waals surface area contributed by atoms with E-state index in [-0.39, 0.29) is 11.9 Å². The van der Waals surface area contributed by atoms with Gasteiger partial charge in [0.2, 0.25) is 0 Å². The van der Waals surface area contributed by atoms with Crippen molar-refractivity contribution in [2.24, 2.45) is 7.05 Å². The van der Waals surface area contributed by atoms with Gasteiger partial charge < -0.3 is 19.0 Å². The molecule has 1 saturated heterocycles. The second kappa shape index (κ2) is 7.58. The lowest BCUT2D eigenvalue weighted by Crippen LogP contribution is -2.41. The van der Waals surface area contributed by atoms with Gasteiger partial charge in [-0.15, -0.1) is 0 Å². The van der Waals surface area contributed by atoms with E-state index in [2.05, 4.69) is 6.07 Å². The van der Waals surface area contributed by atoms with Gasteiger partial charge in [0.1, 0.15) is 23.6 Å². The second-order valence-corrected chi connectivity index (χ2v) is 6.61. The summed E-state index contributed by atoms with van der Waals surface area (Å²) in [6.07, 6.45) is 6.86. The Kier molecular flexibility index (Phi) is 5.25. The molecule has 0 bridgehead atoms. The molecule has 3 rings (SSSR count). The SMILES string of the molecule is Cn1cc(C#N)cc1C(=O)N1CCCCC[C@@H]1C[C@H](O)c1ccco1. The van der Waals surface area contributed by atoms with Crippen LogP contribution in [0.3, 0.4) is 0 Å². The highest BCUT2D eigenvalue weighted by molar-refractivity contribution is 5.93. The van der Waals surface area contributed by atoms with Crippen LogP contribution in [0.5, 0.6) is 0 Å². The minimum atomic E-state index is -0.725. The monoisotopic (exact) mass is 341 g/mol. The summed E-state index contributed by atoms with van der Waals surface area (Å²) in [4.78, 5) is 14.9. The molecule has 2 aromatic heterocycles. The van der Waals surface area contributed by atoms with Crippen LogP contribution in [-0.4, -0.2) is 33.1 Å². The van der Waals surface area contributed by atoms with Crippen LogP contribution in [0, 0.1) is 11.3 Å². The van der Waals surface area contributed by atoms with Gasteiger partial charge in [0.15, 0.2) is 0 Å². The van der Waals surface area contributed by atoms with Crippen molar-refractivity contribution >= 4 is 5.91 Å². The molecule has 25 heavy (non-hydrogen) atoms. The smallest absolute Gasteiger partial charge is 0.270 e. The highest BCUT2D eigenvalue weighted by Crippen LogP contribution is 2.28. The predicted molar refractivity (Wildman–Crippen MR) is 91.7 cm³/mol. The van der Waals surface area contributed by atoms with Gasteiger partial charge in [-0.05, 0) is 31.0 Å². The van der Waals surface area contributed by atoms with Crippen LogP contribution in [0.15, 0.2) is 35.1 Å². The lowest BCUT2D eigenvalue weighted by molar-refractivity contribution is 0.0549. The zero-order valence-corrected chi connectivity index (χ0v) is 14.4. The molecule has 0 unspecified atom stereocenters. The normalized spacial score (nSPS) is 19.2. The van der Waals surface area contributed by atoms with Crippen molar-refractivity contribution in [1.29, 1.82) is 5.26 Å². The second-order valence-electron chi connectivity index (χ2n) is 6.61. The van der Waals surface area contributed by atoms with Crippen LogP contribution in [0.4, 0.5) is 0 Å². The van der Waals surface area contributed by atoms with Gasteiger partial charge in [0, 0.05) is 32.3 Å². The van der Waals surface area contributed by atoms with Crippen LogP contribution >= 0.6 is 0 Å². The summed E-state index contributed by atoms with van der Waals surface area (Å²) in [6, 6.07) is 7.17. The molecule has 2 aromatic rings. The third-order valence-corrected chi connectivity index (χ3v) is 4.86. The molecule has 6 heteroatoms. The number of nitrogens with zero attached hydrogens (tertiary/aromatic N) is 3. The first-order valence-electron chi connectivity index (χ1n) is 8.69. The first-order chi connectivity index (χ1) is 12.1. The maximum atomic E-state index is 13.1. The Bertz CT molecular complexity index is 757. The molecule has 3 heterocycles. The molecule has 132 valence electrons. The largest absolute Gasteiger partial charge is 0.467 e. The van der Waals surface area contributed by atoms with E-state index in [1.165, 1.54) is 0 Å². The van der Waals surface area contributed by atoms with Gasteiger partial charge in [-0.2, -0.15) is 5.26 Å². The Morgan fingerprint density at radius 1 is 1.48 bits per heavy atom. The van der Waals surface area contributed by atoms with Crippen LogP contribution in [0.2, 0.25) is 0 Å². The molecular formula is C19H23N3O3. The maximum absolute atomic E-state index is 13.1. The number of furan rings is 1. The molecular weight excluding hydrogens is 318 g/mol. The van der Waals surface area contributed by atoms with Crippen LogP contribution in [0.1, 0.15) is 60.0 Å². The molecule has 1 amide bonds. The van der Waals surface area contributed by atoms with Crippen molar-refractivity contribution in [1.82, 2.24) is 9.47 Å². The molecule has 0 spiro atoms. The van der Waals surface area contributed by atoms with E-state index in [0.29, 0.717) is 30.0 Å². The van der Waals surface area contributed by atoms with Gasteiger partial charge >= 0.3 is 0 Å². The molecule has 0 radical (unpaired) electrons. The van der Waals surface area contributed by atoms with Crippen molar-refractivity contribution < 1.29 is 14.3 Å². The van der Waals surface area contributed by atoms with Crippen molar-refractivity contribution in [2.45, 2.75) is 44.2 Å². The third kappa shape index (κ3) is 3.77. The van der Waals surface area contributed by atoms with Gasteiger partial charge in [-0.3, -0.25) is 4.79 Å². The first kappa shape index (κ1) is 17.3. The lowest BCUT2D eigenvalue weighted by atomic mass is 10.0. The van der Waals surface area contributed by atoms with Crippen LogP contribution < -0.4 is 0 Å². The molecule has 2 atom stereocenters. The molecule has 0 saturated carbocycles. The number of rotatable bonds is 4. The number of aliphatic hydroxyl groups is 1. The van der Waals surface area contributed by atoms with E-state index in [1.54, 1.807) is 42.3 Å². The maximum Gasteiger partial charge on any atom is 0.270 e. The number of likely N-dealkylation sites (tertiary alicyclic amines) is 1. The van der Waals surface area contributed by atoms with Crippen molar-refractivity contribution in [2.75, 3.05) is 6.54 Å². The third-order valence-electron chi connectivity index (χ3n) is 4.86. The van der Waals surface area contributed by atoms with Crippen molar-refractivity contribution in [3.63, 3.8) is 0 Å². The van der Waals surface area contributed by atoms with Crippen LogP contribution in [-0.2, 0) is 7.05 Å². The Hall–Kier alpha value is -2.52. The van der Waals surface area contributed by atoms with E-state index < -0.39 is 6.10 Å². The number of hydrogen-bond donors (Lipinski definition) is 1. The van der Waals surface area contributed by atoms with Crippen LogP contribution in [0.25, 0.3) is 0 Å². The molecule has 6 nitrogen and oxygen atoms in total. The number of aryl methyl sites for hydroxylation is 1. The zero-order valence-electron chi connectivity index (χ0n) is 14.4. The first-order valence-corrected chi connectivity index (χ1v) is 8.69. The molecule has 1 aliphatic heterocycles. The Balaban J connectivity index is 1.81. The average Bonchev–Trinajstić information content (AvgIpc) is 3.21. The van der Waals surface area contributed by atoms with Gasteiger partial charge in [0.25, 0.3) is 5.91 Å². The van der Waals surface area contributed by atoms with E-state index in [9.17, 15) is 9.90 Å². The van der Waals surface area contributed by atoms with E-state index in [4.69, 9.17) is 9.68 Å². The summed E-state index contributed by atoms with van der Waals surface area (Å²) in [6.45, 7) is 0.668. The standard InChI is InChI=1S/C19H23N3O3/c1-21-13-14(12-20)10-16(21)19(24)22-8-4-2-3-6-15(22)11-17(23)18-7-5-9-25-18/h5,7,9-10,13,15,17,23H,2-4,6,8,11H2,1H3/t15-,17+/m1/s1. The van der Waals surface area contributed by atoms with Gasteiger partial charge in [0.05, 0.1) is 11.8 Å². The average molecular weight is 341 g/mol. The Morgan fingerprint density at radius 3 is 3.00 bits per heavy atom. The summed E-state index contributed by atoms with van der Waals surface area (Å²) in [5, 5.41) is 19.5. The fourth-order valence-corrected chi connectivity index (χ4v) is 3.53. The summed E-state index contributed by atoms with van der Waals surface area (Å²) >= 11 is 0. The minimum Gasteiger partial charge on any atom is -0.467 e. The minimum absolute atomic E-state index is 0.0458. The highest BCUT2D eigenvalue weighted by Gasteiger charge is 2.30. The fraction of sp³-hybridized carbons (Fsp3) is 0.474. The summed E-state index contributed by atoms with van der Waals surface area (Å²) < 4.78 is 6.99. The summed E-state index contributed by atoms with van der Waals surface area (Å²) in [5.74, 6) is 0.449. The topological polar surface area (TPSA) is 82.4 Å². The van der Waals surface area contributed by atoms with Crippen molar-refractivity contribution in [3.05, 3.63) is 47.7 Å². The summed E-state index contributed by atoms with van der Waals surface area (Å²) in [7, 11) is 1.78. The number of nitriles is 1.